The summed E-state index contributed by atoms with van der Waals surface area (Å²) in [6, 6.07) is 4.21. The Morgan fingerprint density at radius 2 is 2.17 bits per heavy atom. The lowest BCUT2D eigenvalue weighted by molar-refractivity contribution is 0.581. The first-order valence-electron chi connectivity index (χ1n) is 5.65. The molecule has 98 valence electrons. The number of nitrogens with one attached hydrogen (secondary N) is 1. The van der Waals surface area contributed by atoms with Crippen LogP contribution in [0.15, 0.2) is 12.1 Å². The molecule has 18 heavy (non-hydrogen) atoms. The predicted molar refractivity (Wildman–Crippen MR) is 77.5 cm³/mol. The minimum absolute atomic E-state index is 0.248. The highest BCUT2D eigenvalue weighted by atomic mass is 35.5. The Hall–Kier alpha value is -0.550. The van der Waals surface area contributed by atoms with Gasteiger partial charge in [0, 0.05) is 30.1 Å². The summed E-state index contributed by atoms with van der Waals surface area (Å²) < 4.78 is 2.51. The second-order valence-corrected chi connectivity index (χ2v) is 6.33. The predicted octanol–water partition coefficient (Wildman–Crippen LogP) is 3.95. The molecule has 1 N–H and O–H groups in total. The molecule has 1 atom stereocenters. The maximum absolute atomic E-state index is 6.19. The van der Waals surface area contributed by atoms with Crippen molar-refractivity contribution in [2.45, 2.75) is 26.4 Å². The van der Waals surface area contributed by atoms with E-state index in [2.05, 4.69) is 17.3 Å². The van der Waals surface area contributed by atoms with Gasteiger partial charge < -0.3 is 5.32 Å². The summed E-state index contributed by atoms with van der Waals surface area (Å²) >= 11 is 13.7. The first-order chi connectivity index (χ1) is 8.49. The molecule has 0 aromatic carbocycles. The molecule has 0 aliphatic heterocycles. The van der Waals surface area contributed by atoms with Crippen LogP contribution >= 0.6 is 34.5 Å². The summed E-state index contributed by atoms with van der Waals surface area (Å²) in [4.78, 5) is 1.22. The largest absolute Gasteiger partial charge is 0.305 e. The third-order valence-electron chi connectivity index (χ3n) is 2.88. The molecule has 0 aliphatic rings. The first-order valence-corrected chi connectivity index (χ1v) is 7.23. The molecule has 0 saturated heterocycles. The van der Waals surface area contributed by atoms with Gasteiger partial charge in [0.05, 0.1) is 10.0 Å². The summed E-state index contributed by atoms with van der Waals surface area (Å²) in [5.74, 6) is 0. The van der Waals surface area contributed by atoms with Crippen molar-refractivity contribution in [2.24, 2.45) is 7.05 Å². The molecule has 0 fully saturated rings. The van der Waals surface area contributed by atoms with E-state index in [9.17, 15) is 0 Å². The minimum Gasteiger partial charge on any atom is -0.305 e. The smallest absolute Gasteiger partial charge is 0.131 e. The monoisotopic (exact) mass is 303 g/mol. The number of aryl methyl sites for hydroxylation is 2. The lowest BCUT2D eigenvalue weighted by atomic mass is 10.2. The van der Waals surface area contributed by atoms with Crippen molar-refractivity contribution in [1.82, 2.24) is 15.1 Å². The quantitative estimate of drug-likeness (QED) is 0.927. The molecular weight excluding hydrogens is 289 g/mol. The van der Waals surface area contributed by atoms with Gasteiger partial charge in [-0.25, -0.2) is 0 Å². The van der Waals surface area contributed by atoms with E-state index in [1.807, 2.05) is 26.1 Å². The zero-order valence-corrected chi connectivity index (χ0v) is 12.8. The fraction of sp³-hybridized carbons (Fsp3) is 0.417. The fourth-order valence-corrected chi connectivity index (χ4v) is 3.12. The van der Waals surface area contributed by atoms with Gasteiger partial charge in [-0.15, -0.1) is 11.3 Å². The van der Waals surface area contributed by atoms with E-state index in [0.29, 0.717) is 11.7 Å². The molecule has 6 heteroatoms. The molecule has 3 nitrogen and oxygen atoms in total. The zero-order valence-electron chi connectivity index (χ0n) is 10.5. The summed E-state index contributed by atoms with van der Waals surface area (Å²) in [6.45, 7) is 4.78. The van der Waals surface area contributed by atoms with E-state index >= 15 is 0 Å². The van der Waals surface area contributed by atoms with Crippen LogP contribution in [0.2, 0.25) is 9.49 Å². The molecule has 0 bridgehead atoms. The molecule has 1 unspecified atom stereocenters. The van der Waals surface area contributed by atoms with Gasteiger partial charge in [0.15, 0.2) is 0 Å². The van der Waals surface area contributed by atoms with Gasteiger partial charge in [-0.05, 0) is 26.0 Å². The van der Waals surface area contributed by atoms with Crippen molar-refractivity contribution in [3.63, 3.8) is 0 Å². The number of nitrogens with zero attached hydrogens (tertiary/aromatic N) is 2. The summed E-state index contributed by atoms with van der Waals surface area (Å²) in [6.07, 6.45) is 0. The van der Waals surface area contributed by atoms with Crippen LogP contribution in [0.25, 0.3) is 0 Å². The maximum Gasteiger partial charge on any atom is 0.131 e. The first kappa shape index (κ1) is 13.9. The van der Waals surface area contributed by atoms with Crippen LogP contribution in [0.3, 0.4) is 0 Å². The van der Waals surface area contributed by atoms with Crippen molar-refractivity contribution in [1.29, 1.82) is 0 Å². The van der Waals surface area contributed by atoms with Crippen LogP contribution in [-0.4, -0.2) is 9.78 Å². The maximum atomic E-state index is 6.19. The van der Waals surface area contributed by atoms with Crippen LogP contribution in [0.1, 0.15) is 29.1 Å². The normalized spacial score (nSPS) is 12.9. The molecule has 0 spiro atoms. The van der Waals surface area contributed by atoms with E-state index in [1.54, 1.807) is 16.0 Å². The molecule has 2 rings (SSSR count). The standard InChI is InChI=1S/C12H15Cl2N3S/c1-7-9(12(14)17(3)16-7)6-15-8(2)10-4-5-11(13)18-10/h4-5,8,15H,6H2,1-3H3. The molecule has 0 radical (unpaired) electrons. The molecule has 0 saturated carbocycles. The molecule has 0 aliphatic carbocycles. The number of thiophene rings is 1. The van der Waals surface area contributed by atoms with Crippen molar-refractivity contribution in [3.8, 4) is 0 Å². The number of halogens is 2. The van der Waals surface area contributed by atoms with Crippen LogP contribution in [-0.2, 0) is 13.6 Å². The lowest BCUT2D eigenvalue weighted by Crippen LogP contribution is -2.17. The summed E-state index contributed by atoms with van der Waals surface area (Å²) in [5, 5.41) is 8.42. The van der Waals surface area contributed by atoms with Crippen molar-refractivity contribution < 1.29 is 0 Å². The van der Waals surface area contributed by atoms with E-state index in [0.717, 1.165) is 15.6 Å². The molecule has 2 aromatic rings. The molecule has 2 heterocycles. The summed E-state index contributed by atoms with van der Waals surface area (Å²) in [5.41, 5.74) is 2.01. The van der Waals surface area contributed by atoms with Gasteiger partial charge in [-0.3, -0.25) is 4.68 Å². The van der Waals surface area contributed by atoms with Crippen molar-refractivity contribution in [2.75, 3.05) is 0 Å². The molecular formula is C12H15Cl2N3S. The van der Waals surface area contributed by atoms with Crippen molar-refractivity contribution in [3.05, 3.63) is 37.8 Å². The van der Waals surface area contributed by atoms with Gasteiger partial charge in [0.2, 0.25) is 0 Å². The average molecular weight is 304 g/mol. The highest BCUT2D eigenvalue weighted by Crippen LogP contribution is 2.27. The topological polar surface area (TPSA) is 29.9 Å². The third kappa shape index (κ3) is 2.88. The van der Waals surface area contributed by atoms with E-state index < -0.39 is 0 Å². The van der Waals surface area contributed by atoms with Gasteiger partial charge >= 0.3 is 0 Å². The molecule has 0 amide bonds. The highest BCUT2D eigenvalue weighted by molar-refractivity contribution is 7.16. The van der Waals surface area contributed by atoms with E-state index in [-0.39, 0.29) is 6.04 Å². The lowest BCUT2D eigenvalue weighted by Gasteiger charge is -2.11. The second kappa shape index (κ2) is 5.61. The number of hydrogen-bond donors (Lipinski definition) is 1. The van der Waals surface area contributed by atoms with E-state index in [1.165, 1.54) is 4.88 Å². The Balaban J connectivity index is 2.03. The van der Waals surface area contributed by atoms with Crippen LogP contribution < -0.4 is 5.32 Å². The highest BCUT2D eigenvalue weighted by Gasteiger charge is 2.13. The Labute approximate surface area is 121 Å². The Kier molecular flexibility index (Phi) is 4.33. The van der Waals surface area contributed by atoms with Gasteiger partial charge in [-0.1, -0.05) is 23.2 Å². The van der Waals surface area contributed by atoms with Gasteiger partial charge in [-0.2, -0.15) is 5.10 Å². The van der Waals surface area contributed by atoms with Gasteiger partial charge in [0.25, 0.3) is 0 Å². The third-order valence-corrected chi connectivity index (χ3v) is 4.76. The fourth-order valence-electron chi connectivity index (χ4n) is 1.79. The average Bonchev–Trinajstić information content (AvgIpc) is 2.83. The summed E-state index contributed by atoms with van der Waals surface area (Å²) in [7, 11) is 1.85. The zero-order chi connectivity index (χ0) is 13.3. The van der Waals surface area contributed by atoms with Crippen LogP contribution in [0.4, 0.5) is 0 Å². The van der Waals surface area contributed by atoms with E-state index in [4.69, 9.17) is 23.2 Å². The van der Waals surface area contributed by atoms with Gasteiger partial charge in [0.1, 0.15) is 5.15 Å². The Morgan fingerprint density at radius 1 is 1.44 bits per heavy atom. The van der Waals surface area contributed by atoms with Crippen molar-refractivity contribution >= 4 is 34.5 Å². The Bertz CT molecular complexity index is 548. The Morgan fingerprint density at radius 3 is 2.67 bits per heavy atom. The van der Waals surface area contributed by atoms with Crippen LogP contribution in [0, 0.1) is 6.92 Å². The number of aromatic nitrogens is 2. The number of rotatable bonds is 4. The SMILES string of the molecule is Cc1nn(C)c(Cl)c1CNC(C)c1ccc(Cl)s1. The van der Waals surface area contributed by atoms with Crippen LogP contribution in [0.5, 0.6) is 0 Å². The second-order valence-electron chi connectivity index (χ2n) is 4.22. The minimum atomic E-state index is 0.248. The molecule has 2 aromatic heterocycles. The number of hydrogen-bond acceptors (Lipinski definition) is 3.